The van der Waals surface area contributed by atoms with E-state index in [2.05, 4.69) is 16.0 Å². The van der Waals surface area contributed by atoms with Crippen LogP contribution in [0.4, 0.5) is 0 Å². The first-order valence-electron chi connectivity index (χ1n) is 8.57. The summed E-state index contributed by atoms with van der Waals surface area (Å²) in [6.07, 6.45) is 0.817. The number of para-hydroxylation sites is 1. The number of aromatic nitrogens is 1. The number of ketones is 1. The van der Waals surface area contributed by atoms with Crippen molar-refractivity contribution >= 4 is 39.9 Å². The molecule has 3 aromatic rings. The molecule has 0 saturated heterocycles. The summed E-state index contributed by atoms with van der Waals surface area (Å²) in [6.45, 7) is 2.56. The van der Waals surface area contributed by atoms with E-state index in [1.165, 1.54) is 0 Å². The zero-order valence-corrected chi connectivity index (χ0v) is 15.6. The van der Waals surface area contributed by atoms with E-state index in [-0.39, 0.29) is 12.4 Å². The quantitative estimate of drug-likeness (QED) is 0.675. The van der Waals surface area contributed by atoms with Gasteiger partial charge in [0, 0.05) is 47.7 Å². The van der Waals surface area contributed by atoms with E-state index in [1.54, 1.807) is 18.2 Å². The third kappa shape index (κ3) is 3.20. The summed E-state index contributed by atoms with van der Waals surface area (Å²) in [4.78, 5) is 13.0. The van der Waals surface area contributed by atoms with Gasteiger partial charge in [-0.3, -0.25) is 4.79 Å². The lowest BCUT2D eigenvalue weighted by molar-refractivity contribution is 0.0922. The van der Waals surface area contributed by atoms with E-state index in [1.807, 2.05) is 18.2 Å². The molecule has 2 aromatic carbocycles. The van der Waals surface area contributed by atoms with Crippen molar-refractivity contribution in [2.45, 2.75) is 13.0 Å². The molecule has 2 heterocycles. The number of carbonyl (C=O) groups excluding carboxylic acids is 1. The van der Waals surface area contributed by atoms with E-state index in [9.17, 15) is 4.79 Å². The third-order valence-corrected chi connectivity index (χ3v) is 5.19. The van der Waals surface area contributed by atoms with Crippen LogP contribution in [-0.4, -0.2) is 30.0 Å². The van der Waals surface area contributed by atoms with Crippen molar-refractivity contribution in [3.05, 3.63) is 63.8 Å². The molecule has 0 unspecified atom stereocenters. The number of nitrogens with one attached hydrogen (secondary N) is 1. The van der Waals surface area contributed by atoms with Gasteiger partial charge in [0.25, 0.3) is 0 Å². The smallest absolute Gasteiger partial charge is 0.202 e. The van der Waals surface area contributed by atoms with E-state index in [4.69, 9.17) is 27.9 Å². The van der Waals surface area contributed by atoms with Gasteiger partial charge in [0.2, 0.25) is 5.78 Å². The Morgan fingerprint density at radius 1 is 1.15 bits per heavy atom. The number of hydrogen-bond acceptors (Lipinski definition) is 3. The first-order valence-corrected chi connectivity index (χ1v) is 9.32. The SMILES string of the molecule is O=C(COc1ccc(Cl)cc1Cl)c1c2n(c3ccccc13)CCNCC2. The molecule has 0 spiro atoms. The largest absolute Gasteiger partial charge is 0.484 e. The van der Waals surface area contributed by atoms with E-state index in [0.29, 0.717) is 15.8 Å². The molecule has 4 rings (SSSR count). The Hall–Kier alpha value is -2.01. The Bertz CT molecular complexity index is 981. The Labute approximate surface area is 161 Å². The maximum absolute atomic E-state index is 13.0. The normalized spacial score (nSPS) is 14.1. The minimum atomic E-state index is -0.0597. The van der Waals surface area contributed by atoms with Gasteiger partial charge >= 0.3 is 0 Å². The molecule has 0 radical (unpaired) electrons. The molecule has 6 heteroatoms. The molecule has 1 aliphatic rings. The maximum atomic E-state index is 13.0. The standard InChI is InChI=1S/C20H18Cl2N2O2/c21-13-5-6-19(15(22)11-13)26-12-18(25)20-14-3-1-2-4-16(14)24-10-9-23-8-7-17(20)24/h1-6,11,23H,7-10,12H2. The molecule has 0 atom stereocenters. The number of benzene rings is 2. The second kappa shape index (κ2) is 7.31. The minimum absolute atomic E-state index is 0.0390. The second-order valence-electron chi connectivity index (χ2n) is 6.28. The fourth-order valence-corrected chi connectivity index (χ4v) is 3.98. The summed E-state index contributed by atoms with van der Waals surface area (Å²) in [6, 6.07) is 13.0. The number of hydrogen-bond donors (Lipinski definition) is 1. The molecule has 0 amide bonds. The van der Waals surface area contributed by atoms with Gasteiger partial charge in [-0.05, 0) is 24.3 Å². The average Bonchev–Trinajstić information content (AvgIpc) is 2.77. The molecule has 0 bridgehead atoms. The van der Waals surface area contributed by atoms with Crippen LogP contribution in [0.25, 0.3) is 10.9 Å². The van der Waals surface area contributed by atoms with Gasteiger partial charge < -0.3 is 14.6 Å². The van der Waals surface area contributed by atoms with Gasteiger partial charge in [-0.2, -0.15) is 0 Å². The highest BCUT2D eigenvalue weighted by Gasteiger charge is 2.23. The topological polar surface area (TPSA) is 43.3 Å². The van der Waals surface area contributed by atoms with Crippen molar-refractivity contribution in [3.8, 4) is 5.75 Å². The van der Waals surface area contributed by atoms with Crippen LogP contribution in [0.2, 0.25) is 10.0 Å². The summed E-state index contributed by atoms with van der Waals surface area (Å²) in [7, 11) is 0. The molecular formula is C20H18Cl2N2O2. The predicted octanol–water partition coefficient (Wildman–Crippen LogP) is 4.36. The van der Waals surface area contributed by atoms with Crippen LogP contribution in [0.1, 0.15) is 16.1 Å². The van der Waals surface area contributed by atoms with E-state index < -0.39 is 0 Å². The monoisotopic (exact) mass is 388 g/mol. The van der Waals surface area contributed by atoms with Crippen LogP contribution in [-0.2, 0) is 13.0 Å². The van der Waals surface area contributed by atoms with Crippen LogP contribution in [0.15, 0.2) is 42.5 Å². The number of halogens is 2. The van der Waals surface area contributed by atoms with Crippen LogP contribution in [0.5, 0.6) is 5.75 Å². The minimum Gasteiger partial charge on any atom is -0.484 e. The zero-order valence-electron chi connectivity index (χ0n) is 14.1. The highest BCUT2D eigenvalue weighted by Crippen LogP contribution is 2.30. The van der Waals surface area contributed by atoms with Gasteiger partial charge in [0.1, 0.15) is 5.75 Å². The average molecular weight is 389 g/mol. The molecular weight excluding hydrogens is 371 g/mol. The van der Waals surface area contributed by atoms with Gasteiger partial charge in [-0.15, -0.1) is 0 Å². The number of nitrogens with zero attached hydrogens (tertiary/aromatic N) is 1. The number of fused-ring (bicyclic) bond motifs is 3. The molecule has 134 valence electrons. The lowest BCUT2D eigenvalue weighted by Crippen LogP contribution is -2.17. The maximum Gasteiger partial charge on any atom is 0.202 e. The van der Waals surface area contributed by atoms with Gasteiger partial charge in [-0.25, -0.2) is 0 Å². The molecule has 0 aliphatic carbocycles. The summed E-state index contributed by atoms with van der Waals surface area (Å²) < 4.78 is 7.93. The number of ether oxygens (including phenoxy) is 1. The molecule has 0 fully saturated rings. The number of rotatable bonds is 4. The van der Waals surface area contributed by atoms with Crippen molar-refractivity contribution in [2.24, 2.45) is 0 Å². The third-order valence-electron chi connectivity index (χ3n) is 4.66. The van der Waals surface area contributed by atoms with Gasteiger partial charge in [0.15, 0.2) is 6.61 Å². The summed E-state index contributed by atoms with van der Waals surface area (Å²) in [5.41, 5.74) is 2.93. The van der Waals surface area contributed by atoms with Crippen molar-refractivity contribution in [1.82, 2.24) is 9.88 Å². The van der Waals surface area contributed by atoms with Crippen LogP contribution < -0.4 is 10.1 Å². The Morgan fingerprint density at radius 2 is 2.00 bits per heavy atom. The van der Waals surface area contributed by atoms with Crippen molar-refractivity contribution in [2.75, 3.05) is 19.7 Å². The fraction of sp³-hybridized carbons (Fsp3) is 0.250. The second-order valence-corrected chi connectivity index (χ2v) is 7.12. The zero-order chi connectivity index (χ0) is 18.1. The Kier molecular flexibility index (Phi) is 4.90. The van der Waals surface area contributed by atoms with Crippen LogP contribution in [0.3, 0.4) is 0 Å². The summed E-state index contributed by atoms with van der Waals surface area (Å²) in [5.74, 6) is 0.420. The van der Waals surface area contributed by atoms with Crippen molar-refractivity contribution in [3.63, 3.8) is 0 Å². The highest BCUT2D eigenvalue weighted by atomic mass is 35.5. The van der Waals surface area contributed by atoms with Crippen molar-refractivity contribution < 1.29 is 9.53 Å². The summed E-state index contributed by atoms with van der Waals surface area (Å²) in [5, 5.41) is 5.31. The molecule has 1 N–H and O–H groups in total. The van der Waals surface area contributed by atoms with Crippen LogP contribution in [0, 0.1) is 0 Å². The van der Waals surface area contributed by atoms with Crippen LogP contribution >= 0.6 is 23.2 Å². The molecule has 1 aromatic heterocycles. The predicted molar refractivity (Wildman–Crippen MR) is 105 cm³/mol. The number of carbonyl (C=O) groups is 1. The summed E-state index contributed by atoms with van der Waals surface area (Å²) >= 11 is 12.0. The Morgan fingerprint density at radius 3 is 2.85 bits per heavy atom. The van der Waals surface area contributed by atoms with E-state index >= 15 is 0 Å². The van der Waals surface area contributed by atoms with Crippen molar-refractivity contribution in [1.29, 1.82) is 0 Å². The molecule has 26 heavy (non-hydrogen) atoms. The lowest BCUT2D eigenvalue weighted by atomic mass is 10.1. The first kappa shape index (κ1) is 17.4. The van der Waals surface area contributed by atoms with E-state index in [0.717, 1.165) is 48.2 Å². The van der Waals surface area contributed by atoms with Gasteiger partial charge in [0.05, 0.1) is 10.6 Å². The number of Topliss-reactive ketones (excluding diaryl/α,β-unsaturated/α-hetero) is 1. The molecule has 1 aliphatic heterocycles. The molecule has 4 nitrogen and oxygen atoms in total. The fourth-order valence-electron chi connectivity index (χ4n) is 3.51. The van der Waals surface area contributed by atoms with Gasteiger partial charge in [-0.1, -0.05) is 41.4 Å². The lowest BCUT2D eigenvalue weighted by Gasteiger charge is -2.09. The highest BCUT2D eigenvalue weighted by molar-refractivity contribution is 6.35. The molecule has 0 saturated carbocycles. The Balaban J connectivity index is 1.67. The first-order chi connectivity index (χ1) is 12.6.